The van der Waals surface area contributed by atoms with Crippen molar-refractivity contribution in [3.63, 3.8) is 0 Å². The number of carbonyl (C=O) groups is 2. The van der Waals surface area contributed by atoms with Gasteiger partial charge >= 0.3 is 5.97 Å². The number of benzene rings is 1. The molecule has 1 amide bonds. The summed E-state index contributed by atoms with van der Waals surface area (Å²) < 4.78 is 5.28. The monoisotopic (exact) mass is 312 g/mol. The van der Waals surface area contributed by atoms with Crippen molar-refractivity contribution in [1.82, 2.24) is 4.98 Å². The van der Waals surface area contributed by atoms with Gasteiger partial charge < -0.3 is 10.1 Å². The molecule has 2 aromatic rings. The number of carbonyl (C=O) groups excluding carboxylic acids is 2. The number of ether oxygens (including phenoxy) is 1. The maximum absolute atomic E-state index is 12.3. The summed E-state index contributed by atoms with van der Waals surface area (Å²) in [6, 6.07) is 8.91. The summed E-state index contributed by atoms with van der Waals surface area (Å²) in [5.74, 6) is -0.895. The van der Waals surface area contributed by atoms with Gasteiger partial charge in [-0.25, -0.2) is 4.79 Å². The van der Waals surface area contributed by atoms with E-state index in [1.165, 1.54) is 6.20 Å². The maximum Gasteiger partial charge on any atom is 0.340 e. The summed E-state index contributed by atoms with van der Waals surface area (Å²) in [5, 5.41) is 2.79. The van der Waals surface area contributed by atoms with Crippen LogP contribution in [-0.4, -0.2) is 23.0 Å². The van der Waals surface area contributed by atoms with Crippen LogP contribution in [0.2, 0.25) is 0 Å². The van der Waals surface area contributed by atoms with Crippen LogP contribution in [0.5, 0.6) is 0 Å². The summed E-state index contributed by atoms with van der Waals surface area (Å²) in [7, 11) is 0. The van der Waals surface area contributed by atoms with Crippen LogP contribution < -0.4 is 5.32 Å². The van der Waals surface area contributed by atoms with Crippen LogP contribution in [0.25, 0.3) is 0 Å². The van der Waals surface area contributed by atoms with Crippen molar-refractivity contribution in [2.45, 2.75) is 33.3 Å². The Kier molecular flexibility index (Phi) is 5.46. The van der Waals surface area contributed by atoms with Crippen molar-refractivity contribution in [2.75, 3.05) is 5.32 Å². The van der Waals surface area contributed by atoms with Gasteiger partial charge in [0.1, 0.15) is 0 Å². The van der Waals surface area contributed by atoms with E-state index in [1.807, 2.05) is 32.0 Å². The number of hydrogen-bond donors (Lipinski definition) is 1. The van der Waals surface area contributed by atoms with Gasteiger partial charge in [-0.2, -0.15) is 0 Å². The number of nitrogens with zero attached hydrogens (tertiary/aromatic N) is 1. The Bertz CT molecular complexity index is 699. The molecule has 0 aliphatic carbocycles. The Morgan fingerprint density at radius 2 is 2.00 bits per heavy atom. The largest absolute Gasteiger partial charge is 0.449 e. The third-order valence-electron chi connectivity index (χ3n) is 3.58. The normalized spacial score (nSPS) is 11.6. The fourth-order valence-corrected chi connectivity index (χ4v) is 2.04. The van der Waals surface area contributed by atoms with Crippen molar-refractivity contribution in [3.8, 4) is 0 Å². The Hall–Kier alpha value is -2.69. The van der Waals surface area contributed by atoms with Crippen LogP contribution in [-0.2, 0) is 9.53 Å². The average molecular weight is 312 g/mol. The molecule has 0 spiro atoms. The molecule has 0 aliphatic rings. The molecular weight excluding hydrogens is 292 g/mol. The number of hydrogen-bond acceptors (Lipinski definition) is 4. The second-order valence-corrected chi connectivity index (χ2v) is 5.33. The van der Waals surface area contributed by atoms with Crippen LogP contribution >= 0.6 is 0 Å². The van der Waals surface area contributed by atoms with E-state index in [9.17, 15) is 9.59 Å². The fourth-order valence-electron chi connectivity index (χ4n) is 2.04. The number of nitrogens with one attached hydrogen (secondary N) is 1. The van der Waals surface area contributed by atoms with Crippen LogP contribution in [0, 0.1) is 13.8 Å². The molecule has 1 atom stereocenters. The number of rotatable bonds is 5. The Balaban J connectivity index is 2.03. The summed E-state index contributed by atoms with van der Waals surface area (Å²) in [6.07, 6.45) is 2.53. The molecule has 1 aromatic heterocycles. The number of aryl methyl sites for hydroxylation is 2. The first kappa shape index (κ1) is 16.7. The molecule has 2 rings (SSSR count). The Morgan fingerprint density at radius 1 is 1.22 bits per heavy atom. The molecule has 5 nitrogen and oxygen atoms in total. The zero-order chi connectivity index (χ0) is 16.8. The lowest BCUT2D eigenvalue weighted by Gasteiger charge is -2.16. The minimum atomic E-state index is -0.843. The molecule has 120 valence electrons. The van der Waals surface area contributed by atoms with E-state index in [4.69, 9.17) is 4.74 Å². The van der Waals surface area contributed by atoms with E-state index >= 15 is 0 Å². The lowest BCUT2D eigenvalue weighted by molar-refractivity contribution is -0.124. The van der Waals surface area contributed by atoms with Crippen molar-refractivity contribution >= 4 is 17.6 Å². The standard InChI is InChI=1S/C18H20N2O3/c1-4-16(23-18(22)14-6-5-9-19-11-14)17(21)20-15-8-7-12(2)13(3)10-15/h5-11,16H,4H2,1-3H3,(H,20,21). The molecule has 0 saturated heterocycles. The fraction of sp³-hybridized carbons (Fsp3) is 0.278. The zero-order valence-corrected chi connectivity index (χ0v) is 13.5. The first-order chi connectivity index (χ1) is 11.0. The quantitative estimate of drug-likeness (QED) is 0.860. The summed E-state index contributed by atoms with van der Waals surface area (Å²) in [6.45, 7) is 5.78. The van der Waals surface area contributed by atoms with Crippen molar-refractivity contribution in [2.24, 2.45) is 0 Å². The summed E-state index contributed by atoms with van der Waals surface area (Å²) in [4.78, 5) is 28.2. The first-order valence-corrected chi connectivity index (χ1v) is 7.50. The summed E-state index contributed by atoms with van der Waals surface area (Å²) in [5.41, 5.74) is 3.25. The molecular formula is C18H20N2O3. The van der Waals surface area contributed by atoms with Crippen LogP contribution in [0.15, 0.2) is 42.7 Å². The Labute approximate surface area is 135 Å². The molecule has 5 heteroatoms. The number of aromatic nitrogens is 1. The van der Waals surface area contributed by atoms with Gasteiger partial charge in [-0.1, -0.05) is 13.0 Å². The minimum Gasteiger partial charge on any atom is -0.449 e. The van der Waals surface area contributed by atoms with E-state index in [0.29, 0.717) is 17.7 Å². The maximum atomic E-state index is 12.3. The smallest absolute Gasteiger partial charge is 0.340 e. The highest BCUT2D eigenvalue weighted by molar-refractivity contribution is 5.97. The van der Waals surface area contributed by atoms with Gasteiger partial charge in [0.05, 0.1) is 5.56 Å². The number of amides is 1. The lowest BCUT2D eigenvalue weighted by Crippen LogP contribution is -2.32. The third-order valence-corrected chi connectivity index (χ3v) is 3.58. The Morgan fingerprint density at radius 3 is 2.61 bits per heavy atom. The van der Waals surface area contributed by atoms with Gasteiger partial charge in [0.2, 0.25) is 0 Å². The number of esters is 1. The highest BCUT2D eigenvalue weighted by atomic mass is 16.5. The molecule has 23 heavy (non-hydrogen) atoms. The van der Waals surface area contributed by atoms with E-state index < -0.39 is 12.1 Å². The van der Waals surface area contributed by atoms with Gasteiger partial charge in [-0.05, 0) is 55.7 Å². The summed E-state index contributed by atoms with van der Waals surface area (Å²) >= 11 is 0. The molecule has 0 aliphatic heterocycles. The zero-order valence-electron chi connectivity index (χ0n) is 13.5. The highest BCUT2D eigenvalue weighted by Crippen LogP contribution is 2.15. The van der Waals surface area contributed by atoms with E-state index in [0.717, 1.165) is 11.1 Å². The molecule has 1 heterocycles. The molecule has 1 N–H and O–H groups in total. The molecule has 0 fully saturated rings. The molecule has 0 saturated carbocycles. The minimum absolute atomic E-state index is 0.324. The first-order valence-electron chi connectivity index (χ1n) is 7.50. The van der Waals surface area contributed by atoms with Gasteiger partial charge in [0.25, 0.3) is 5.91 Å². The third kappa shape index (κ3) is 4.39. The SMILES string of the molecule is CCC(OC(=O)c1cccnc1)C(=O)Nc1ccc(C)c(C)c1. The van der Waals surface area contributed by atoms with Crippen LogP contribution in [0.4, 0.5) is 5.69 Å². The molecule has 0 radical (unpaired) electrons. The van der Waals surface area contributed by atoms with Gasteiger partial charge in [-0.15, -0.1) is 0 Å². The number of anilines is 1. The second kappa shape index (κ2) is 7.54. The van der Waals surface area contributed by atoms with Crippen molar-refractivity contribution in [1.29, 1.82) is 0 Å². The van der Waals surface area contributed by atoms with E-state index in [-0.39, 0.29) is 5.91 Å². The van der Waals surface area contributed by atoms with E-state index in [2.05, 4.69) is 10.3 Å². The van der Waals surface area contributed by atoms with Gasteiger partial charge in [0.15, 0.2) is 6.10 Å². The topological polar surface area (TPSA) is 68.3 Å². The molecule has 0 bridgehead atoms. The highest BCUT2D eigenvalue weighted by Gasteiger charge is 2.22. The van der Waals surface area contributed by atoms with Gasteiger partial charge in [-0.3, -0.25) is 9.78 Å². The van der Waals surface area contributed by atoms with E-state index in [1.54, 1.807) is 25.3 Å². The second-order valence-electron chi connectivity index (χ2n) is 5.33. The predicted molar refractivity (Wildman–Crippen MR) is 88.3 cm³/mol. The average Bonchev–Trinajstić information content (AvgIpc) is 2.56. The molecule has 1 aromatic carbocycles. The predicted octanol–water partition coefficient (Wildman–Crippen LogP) is 3.27. The molecule has 1 unspecified atom stereocenters. The van der Waals surface area contributed by atoms with Crippen molar-refractivity contribution < 1.29 is 14.3 Å². The van der Waals surface area contributed by atoms with Crippen molar-refractivity contribution in [3.05, 3.63) is 59.4 Å². The lowest BCUT2D eigenvalue weighted by atomic mass is 10.1. The number of pyridine rings is 1. The van der Waals surface area contributed by atoms with Crippen LogP contribution in [0.3, 0.4) is 0 Å². The van der Waals surface area contributed by atoms with Gasteiger partial charge in [0, 0.05) is 18.1 Å². The van der Waals surface area contributed by atoms with Crippen LogP contribution in [0.1, 0.15) is 34.8 Å².